The molecule has 3 rings (SSSR count). The predicted octanol–water partition coefficient (Wildman–Crippen LogP) is 2.47. The molecule has 0 bridgehead atoms. The molecule has 1 atom stereocenters. The number of para-hydroxylation sites is 1. The van der Waals surface area contributed by atoms with Gasteiger partial charge in [-0.25, -0.2) is 0 Å². The number of hydrogen-bond acceptors (Lipinski definition) is 4. The van der Waals surface area contributed by atoms with E-state index in [0.717, 1.165) is 17.1 Å². The van der Waals surface area contributed by atoms with E-state index in [4.69, 9.17) is 9.15 Å². The molecule has 2 aromatic rings. The zero-order valence-electron chi connectivity index (χ0n) is 13.3. The van der Waals surface area contributed by atoms with Crippen LogP contribution in [0, 0.1) is 0 Å². The van der Waals surface area contributed by atoms with E-state index in [-0.39, 0.29) is 18.6 Å². The van der Waals surface area contributed by atoms with Crippen LogP contribution in [-0.4, -0.2) is 38.1 Å². The molecule has 5 heteroatoms. The van der Waals surface area contributed by atoms with E-state index < -0.39 is 0 Å². The summed E-state index contributed by atoms with van der Waals surface area (Å²) in [6.07, 6.45) is 3.52. The number of rotatable bonds is 5. The van der Waals surface area contributed by atoms with Crippen LogP contribution >= 0.6 is 0 Å². The van der Waals surface area contributed by atoms with Crippen LogP contribution in [-0.2, 0) is 4.79 Å². The van der Waals surface area contributed by atoms with Crippen molar-refractivity contribution < 1.29 is 13.9 Å². The molecule has 23 heavy (non-hydrogen) atoms. The summed E-state index contributed by atoms with van der Waals surface area (Å²) in [5, 5.41) is 2.96. The van der Waals surface area contributed by atoms with Gasteiger partial charge < -0.3 is 14.5 Å². The fourth-order valence-corrected chi connectivity index (χ4v) is 2.57. The van der Waals surface area contributed by atoms with Gasteiger partial charge in [0.25, 0.3) is 5.91 Å². The average Bonchev–Trinajstić information content (AvgIpc) is 3.08. The van der Waals surface area contributed by atoms with E-state index in [9.17, 15) is 4.79 Å². The van der Waals surface area contributed by atoms with Gasteiger partial charge in [0.15, 0.2) is 0 Å². The van der Waals surface area contributed by atoms with Crippen molar-refractivity contribution in [3.63, 3.8) is 0 Å². The monoisotopic (exact) mass is 312 g/mol. The summed E-state index contributed by atoms with van der Waals surface area (Å²) in [4.78, 5) is 14.4. The maximum atomic E-state index is 12.4. The Kier molecular flexibility index (Phi) is 4.48. The average molecular weight is 312 g/mol. The Balaban J connectivity index is 1.67. The van der Waals surface area contributed by atoms with Gasteiger partial charge in [-0.3, -0.25) is 9.69 Å². The molecule has 0 radical (unpaired) electrons. The van der Waals surface area contributed by atoms with Gasteiger partial charge in [-0.15, -0.1) is 0 Å². The third-order valence-corrected chi connectivity index (χ3v) is 3.87. The number of carbonyl (C=O) groups is 1. The number of nitrogens with one attached hydrogen (secondary N) is 1. The minimum absolute atomic E-state index is 0.00801. The molecule has 1 aromatic carbocycles. The van der Waals surface area contributed by atoms with E-state index in [2.05, 4.69) is 5.32 Å². The molecule has 0 saturated heterocycles. The summed E-state index contributed by atoms with van der Waals surface area (Å²) in [5.74, 6) is 1.53. The van der Waals surface area contributed by atoms with Gasteiger partial charge in [0.1, 0.15) is 18.1 Å². The summed E-state index contributed by atoms with van der Waals surface area (Å²) >= 11 is 0. The van der Waals surface area contributed by atoms with Crippen LogP contribution in [0.4, 0.5) is 0 Å². The lowest BCUT2D eigenvalue weighted by Crippen LogP contribution is -2.36. The summed E-state index contributed by atoms with van der Waals surface area (Å²) in [6.45, 7) is 0.758. The SMILES string of the molecule is CN(C)[C@@H](CNC(=O)C1=Cc2ccccc2OC1)c1ccco1. The van der Waals surface area contributed by atoms with E-state index in [1.165, 1.54) is 0 Å². The molecule has 5 nitrogen and oxygen atoms in total. The number of nitrogens with zero attached hydrogens (tertiary/aromatic N) is 1. The van der Waals surface area contributed by atoms with Crippen LogP contribution in [0.5, 0.6) is 5.75 Å². The number of carbonyl (C=O) groups excluding carboxylic acids is 1. The lowest BCUT2D eigenvalue weighted by Gasteiger charge is -2.23. The Hall–Kier alpha value is -2.53. The van der Waals surface area contributed by atoms with Gasteiger partial charge in [0, 0.05) is 12.1 Å². The Morgan fingerprint density at radius 2 is 2.09 bits per heavy atom. The topological polar surface area (TPSA) is 54.7 Å². The van der Waals surface area contributed by atoms with Crippen LogP contribution in [0.1, 0.15) is 17.4 Å². The lowest BCUT2D eigenvalue weighted by atomic mass is 10.1. The van der Waals surface area contributed by atoms with Gasteiger partial charge in [-0.1, -0.05) is 18.2 Å². The molecule has 1 aliphatic heterocycles. The van der Waals surface area contributed by atoms with E-state index >= 15 is 0 Å². The Labute approximate surface area is 135 Å². The standard InChI is InChI=1S/C18H20N2O3/c1-20(2)15(17-8-5-9-22-17)11-19-18(21)14-10-13-6-3-4-7-16(13)23-12-14/h3-10,15H,11-12H2,1-2H3,(H,19,21)/t15-/m0/s1. The van der Waals surface area contributed by atoms with Crippen molar-refractivity contribution in [3.8, 4) is 5.75 Å². The number of furan rings is 1. The zero-order chi connectivity index (χ0) is 16.2. The number of ether oxygens (including phenoxy) is 1. The van der Waals surface area contributed by atoms with Gasteiger partial charge >= 0.3 is 0 Å². The molecule has 1 amide bonds. The smallest absolute Gasteiger partial charge is 0.250 e. The highest BCUT2D eigenvalue weighted by Gasteiger charge is 2.21. The fraction of sp³-hybridized carbons (Fsp3) is 0.278. The van der Waals surface area contributed by atoms with Crippen molar-refractivity contribution in [2.75, 3.05) is 27.2 Å². The highest BCUT2D eigenvalue weighted by atomic mass is 16.5. The number of amides is 1. The first-order valence-corrected chi connectivity index (χ1v) is 7.55. The summed E-state index contributed by atoms with van der Waals surface area (Å²) in [5.41, 5.74) is 1.56. The Morgan fingerprint density at radius 3 is 2.83 bits per heavy atom. The van der Waals surface area contributed by atoms with Crippen molar-refractivity contribution >= 4 is 12.0 Å². The van der Waals surface area contributed by atoms with Crippen molar-refractivity contribution in [1.29, 1.82) is 0 Å². The number of fused-ring (bicyclic) bond motifs is 1. The van der Waals surface area contributed by atoms with Gasteiger partial charge in [-0.2, -0.15) is 0 Å². The van der Waals surface area contributed by atoms with Gasteiger partial charge in [0.2, 0.25) is 0 Å². The van der Waals surface area contributed by atoms with Crippen LogP contribution in [0.15, 0.2) is 52.7 Å². The van der Waals surface area contributed by atoms with Crippen molar-refractivity contribution in [1.82, 2.24) is 10.2 Å². The fourth-order valence-electron chi connectivity index (χ4n) is 2.57. The van der Waals surface area contributed by atoms with Crippen LogP contribution in [0.25, 0.3) is 6.08 Å². The molecule has 0 unspecified atom stereocenters. The number of likely N-dealkylation sites (N-methyl/N-ethyl adjacent to an activating group) is 1. The normalized spacial score (nSPS) is 14.7. The molecular formula is C18H20N2O3. The first-order valence-electron chi connectivity index (χ1n) is 7.55. The second kappa shape index (κ2) is 6.71. The second-order valence-corrected chi connectivity index (χ2v) is 5.70. The molecule has 120 valence electrons. The summed E-state index contributed by atoms with van der Waals surface area (Å²) in [6, 6.07) is 11.4. The second-order valence-electron chi connectivity index (χ2n) is 5.70. The molecule has 1 N–H and O–H groups in total. The Morgan fingerprint density at radius 1 is 1.26 bits per heavy atom. The van der Waals surface area contributed by atoms with E-state index in [1.54, 1.807) is 6.26 Å². The third kappa shape index (κ3) is 3.46. The molecular weight excluding hydrogens is 292 g/mol. The molecule has 1 aromatic heterocycles. The maximum Gasteiger partial charge on any atom is 0.250 e. The molecule has 0 spiro atoms. The van der Waals surface area contributed by atoms with Crippen molar-refractivity contribution in [2.45, 2.75) is 6.04 Å². The van der Waals surface area contributed by atoms with Crippen molar-refractivity contribution in [3.05, 3.63) is 59.6 Å². The van der Waals surface area contributed by atoms with E-state index in [0.29, 0.717) is 12.1 Å². The van der Waals surface area contributed by atoms with Crippen LogP contribution in [0.3, 0.4) is 0 Å². The first kappa shape index (κ1) is 15.4. The van der Waals surface area contributed by atoms with Crippen molar-refractivity contribution in [2.24, 2.45) is 0 Å². The quantitative estimate of drug-likeness (QED) is 0.921. The summed E-state index contributed by atoms with van der Waals surface area (Å²) in [7, 11) is 3.91. The highest BCUT2D eigenvalue weighted by Crippen LogP contribution is 2.25. The third-order valence-electron chi connectivity index (χ3n) is 3.87. The number of hydrogen-bond donors (Lipinski definition) is 1. The minimum Gasteiger partial charge on any atom is -0.488 e. The molecule has 0 fully saturated rings. The maximum absolute atomic E-state index is 12.4. The lowest BCUT2D eigenvalue weighted by molar-refractivity contribution is -0.118. The molecule has 0 saturated carbocycles. The first-order chi connectivity index (χ1) is 11.1. The molecule has 2 heterocycles. The summed E-state index contributed by atoms with van der Waals surface area (Å²) < 4.78 is 11.1. The molecule has 1 aliphatic rings. The highest BCUT2D eigenvalue weighted by molar-refractivity contribution is 5.99. The van der Waals surface area contributed by atoms with Crippen LogP contribution < -0.4 is 10.1 Å². The van der Waals surface area contributed by atoms with Gasteiger partial charge in [0.05, 0.1) is 17.9 Å². The zero-order valence-corrected chi connectivity index (χ0v) is 13.3. The minimum atomic E-state index is -0.113. The number of benzene rings is 1. The van der Waals surface area contributed by atoms with Gasteiger partial charge in [-0.05, 0) is 38.4 Å². The molecule has 0 aliphatic carbocycles. The Bertz CT molecular complexity index is 705. The largest absolute Gasteiger partial charge is 0.488 e. The van der Waals surface area contributed by atoms with Crippen LogP contribution in [0.2, 0.25) is 0 Å². The predicted molar refractivity (Wildman–Crippen MR) is 88.1 cm³/mol. The van der Waals surface area contributed by atoms with E-state index in [1.807, 2.05) is 61.5 Å².